The predicted molar refractivity (Wildman–Crippen MR) is 64.6 cm³/mol. The van der Waals surface area contributed by atoms with E-state index in [1.165, 1.54) is 22.3 Å². The number of nitrogens with zero attached hydrogens (tertiary/aromatic N) is 1. The van der Waals surface area contributed by atoms with Crippen LogP contribution >= 0.6 is 0 Å². The molecule has 1 N–H and O–H groups in total. The van der Waals surface area contributed by atoms with Gasteiger partial charge in [0, 0.05) is 5.56 Å². The minimum absolute atomic E-state index is 1.17. The molecular formula is C14H13N2+. The van der Waals surface area contributed by atoms with Crippen LogP contribution in [0.5, 0.6) is 0 Å². The van der Waals surface area contributed by atoms with Crippen LogP contribution in [0.15, 0.2) is 54.9 Å². The Morgan fingerprint density at radius 2 is 1.75 bits per heavy atom. The lowest BCUT2D eigenvalue weighted by molar-refractivity contribution is -0.567. The van der Waals surface area contributed by atoms with E-state index >= 15 is 0 Å². The van der Waals surface area contributed by atoms with E-state index in [2.05, 4.69) is 58.9 Å². The lowest BCUT2D eigenvalue weighted by Gasteiger charge is -1.98. The third kappa shape index (κ3) is 1.31. The molecule has 0 amide bonds. The van der Waals surface area contributed by atoms with Gasteiger partial charge >= 0.3 is 0 Å². The van der Waals surface area contributed by atoms with E-state index in [-0.39, 0.29) is 0 Å². The number of aryl methyl sites for hydroxylation is 1. The minimum Gasteiger partial charge on any atom is -0.243 e. The lowest BCUT2D eigenvalue weighted by Crippen LogP contribution is -2.28. The first kappa shape index (κ1) is 9.16. The summed E-state index contributed by atoms with van der Waals surface area (Å²) >= 11 is 0. The molecule has 16 heavy (non-hydrogen) atoms. The largest absolute Gasteiger partial charge is 0.247 e. The van der Waals surface area contributed by atoms with Crippen LogP contribution in [0.1, 0.15) is 5.56 Å². The van der Waals surface area contributed by atoms with Gasteiger partial charge in [0.05, 0.1) is 0 Å². The molecule has 0 saturated heterocycles. The predicted octanol–water partition coefficient (Wildman–Crippen LogP) is 2.75. The number of aromatic amines is 1. The Morgan fingerprint density at radius 3 is 2.56 bits per heavy atom. The summed E-state index contributed by atoms with van der Waals surface area (Å²) in [5, 5.41) is 0. The van der Waals surface area contributed by atoms with E-state index in [1.54, 1.807) is 0 Å². The highest BCUT2D eigenvalue weighted by Crippen LogP contribution is 2.14. The summed E-state index contributed by atoms with van der Waals surface area (Å²) in [5.41, 5.74) is 4.88. The second-order valence-corrected chi connectivity index (χ2v) is 3.95. The van der Waals surface area contributed by atoms with E-state index in [4.69, 9.17) is 0 Å². The summed E-state index contributed by atoms with van der Waals surface area (Å²) in [7, 11) is 0. The van der Waals surface area contributed by atoms with Gasteiger partial charge in [-0.25, -0.2) is 4.98 Å². The third-order valence-electron chi connectivity index (χ3n) is 2.86. The second kappa shape index (κ2) is 3.49. The highest BCUT2D eigenvalue weighted by Gasteiger charge is 2.12. The van der Waals surface area contributed by atoms with Gasteiger partial charge in [-0.15, -0.1) is 0 Å². The van der Waals surface area contributed by atoms with Crippen molar-refractivity contribution in [3.05, 3.63) is 60.4 Å². The van der Waals surface area contributed by atoms with Gasteiger partial charge in [0.1, 0.15) is 5.69 Å². The number of para-hydroxylation sites is 2. The fraction of sp³-hybridized carbons (Fsp3) is 0.0714. The molecule has 0 aliphatic heterocycles. The molecule has 2 aromatic carbocycles. The average Bonchev–Trinajstić information content (AvgIpc) is 2.75. The fourth-order valence-corrected chi connectivity index (χ4v) is 2.09. The second-order valence-electron chi connectivity index (χ2n) is 3.95. The number of H-pyrrole nitrogens is 1. The van der Waals surface area contributed by atoms with Crippen molar-refractivity contribution < 1.29 is 4.57 Å². The number of nitrogens with one attached hydrogen (secondary N) is 1. The van der Waals surface area contributed by atoms with Gasteiger partial charge in [0.15, 0.2) is 11.0 Å². The zero-order chi connectivity index (χ0) is 11.0. The summed E-state index contributed by atoms with van der Waals surface area (Å²) in [4.78, 5) is 3.29. The van der Waals surface area contributed by atoms with Gasteiger partial charge in [-0.05, 0) is 25.1 Å². The van der Waals surface area contributed by atoms with Gasteiger partial charge < -0.3 is 0 Å². The molecule has 0 radical (unpaired) electrons. The van der Waals surface area contributed by atoms with Gasteiger partial charge in [-0.1, -0.05) is 30.3 Å². The topological polar surface area (TPSA) is 19.7 Å². The van der Waals surface area contributed by atoms with Crippen LogP contribution in [-0.2, 0) is 0 Å². The van der Waals surface area contributed by atoms with Gasteiger partial charge in [-0.3, -0.25) is 0 Å². The number of imidazole rings is 1. The molecule has 2 nitrogen and oxygen atoms in total. The van der Waals surface area contributed by atoms with Crippen LogP contribution in [0, 0.1) is 6.92 Å². The van der Waals surface area contributed by atoms with Crippen LogP contribution in [0.3, 0.4) is 0 Å². The van der Waals surface area contributed by atoms with Gasteiger partial charge in [0.25, 0.3) is 0 Å². The van der Waals surface area contributed by atoms with E-state index in [1.807, 2.05) is 12.4 Å². The van der Waals surface area contributed by atoms with Crippen LogP contribution in [0.4, 0.5) is 0 Å². The van der Waals surface area contributed by atoms with Crippen LogP contribution in [-0.4, -0.2) is 4.98 Å². The molecule has 78 valence electrons. The molecular weight excluding hydrogens is 196 g/mol. The number of aromatic nitrogens is 2. The van der Waals surface area contributed by atoms with E-state index in [0.717, 1.165) is 0 Å². The summed E-state index contributed by atoms with van der Waals surface area (Å²) in [6.07, 6.45) is 2.01. The molecule has 0 bridgehead atoms. The Bertz CT molecular complexity index is 624. The number of hydrogen-bond donors (Lipinski definition) is 1. The molecule has 3 aromatic rings. The summed E-state index contributed by atoms with van der Waals surface area (Å²) in [6, 6.07) is 16.7. The number of fused-ring (bicyclic) bond motifs is 1. The fourth-order valence-electron chi connectivity index (χ4n) is 2.09. The van der Waals surface area contributed by atoms with Gasteiger partial charge in [-0.2, -0.15) is 4.57 Å². The number of benzene rings is 2. The molecule has 0 fully saturated rings. The first-order valence-corrected chi connectivity index (χ1v) is 5.40. The first-order chi connectivity index (χ1) is 7.86. The Balaban J connectivity index is 2.33. The average molecular weight is 209 g/mol. The van der Waals surface area contributed by atoms with E-state index < -0.39 is 0 Å². The van der Waals surface area contributed by atoms with E-state index in [0.29, 0.717) is 0 Å². The Hall–Kier alpha value is -2.09. The third-order valence-corrected chi connectivity index (χ3v) is 2.86. The minimum atomic E-state index is 1.17. The van der Waals surface area contributed by atoms with Crippen molar-refractivity contribution in [2.45, 2.75) is 6.92 Å². The summed E-state index contributed by atoms with van der Waals surface area (Å²) in [6.45, 7) is 2.13. The van der Waals surface area contributed by atoms with Crippen molar-refractivity contribution >= 4 is 11.0 Å². The van der Waals surface area contributed by atoms with E-state index in [9.17, 15) is 0 Å². The van der Waals surface area contributed by atoms with Crippen LogP contribution < -0.4 is 4.57 Å². The Kier molecular flexibility index (Phi) is 2.00. The van der Waals surface area contributed by atoms with Crippen LogP contribution in [0.25, 0.3) is 16.7 Å². The number of hydrogen-bond acceptors (Lipinski definition) is 0. The quantitative estimate of drug-likeness (QED) is 0.595. The Labute approximate surface area is 94.2 Å². The van der Waals surface area contributed by atoms with Crippen LogP contribution in [0.2, 0.25) is 0 Å². The van der Waals surface area contributed by atoms with Crippen molar-refractivity contribution in [2.75, 3.05) is 0 Å². The SMILES string of the molecule is Cc1cccc2[nH]c[n+](-c3ccccc3)c12. The normalized spacial score (nSPS) is 10.8. The zero-order valence-electron chi connectivity index (χ0n) is 9.14. The maximum atomic E-state index is 3.29. The molecule has 0 saturated carbocycles. The van der Waals surface area contributed by atoms with Crippen molar-refractivity contribution in [3.63, 3.8) is 0 Å². The molecule has 0 aliphatic rings. The maximum absolute atomic E-state index is 3.29. The molecule has 3 rings (SSSR count). The zero-order valence-corrected chi connectivity index (χ0v) is 9.14. The summed E-state index contributed by atoms with van der Waals surface area (Å²) in [5.74, 6) is 0. The van der Waals surface area contributed by atoms with Crippen molar-refractivity contribution in [2.24, 2.45) is 0 Å². The molecule has 1 aromatic heterocycles. The summed E-state index contributed by atoms with van der Waals surface area (Å²) < 4.78 is 2.19. The van der Waals surface area contributed by atoms with Crippen molar-refractivity contribution in [3.8, 4) is 5.69 Å². The molecule has 0 unspecified atom stereocenters. The lowest BCUT2D eigenvalue weighted by atomic mass is 10.2. The van der Waals surface area contributed by atoms with Crippen molar-refractivity contribution in [1.82, 2.24) is 4.98 Å². The maximum Gasteiger partial charge on any atom is 0.247 e. The van der Waals surface area contributed by atoms with Gasteiger partial charge in [0.2, 0.25) is 6.33 Å². The standard InChI is InChI=1S/C14H12N2/c1-11-6-5-9-13-14(11)16(10-15-13)12-7-3-2-4-8-12/h2-10H,1H3/p+1. The highest BCUT2D eigenvalue weighted by atomic mass is 15.0. The first-order valence-electron chi connectivity index (χ1n) is 5.40. The van der Waals surface area contributed by atoms with Crippen molar-refractivity contribution in [1.29, 1.82) is 0 Å². The molecule has 0 atom stereocenters. The Morgan fingerprint density at radius 1 is 0.938 bits per heavy atom. The molecule has 0 spiro atoms. The monoisotopic (exact) mass is 209 g/mol. The molecule has 1 heterocycles. The molecule has 0 aliphatic carbocycles. The number of rotatable bonds is 1. The molecule has 2 heteroatoms. The highest BCUT2D eigenvalue weighted by molar-refractivity contribution is 5.75. The smallest absolute Gasteiger partial charge is 0.243 e.